The Hall–Kier alpha value is -3.69. The first-order valence-electron chi connectivity index (χ1n) is 9.03. The zero-order valence-electron chi connectivity index (χ0n) is 16.1. The van der Waals surface area contributed by atoms with E-state index in [0.717, 1.165) is 23.5 Å². The minimum Gasteiger partial charge on any atom is -0.348 e. The van der Waals surface area contributed by atoms with E-state index in [2.05, 4.69) is 20.5 Å². The van der Waals surface area contributed by atoms with Crippen LogP contribution < -0.4 is 5.32 Å². The van der Waals surface area contributed by atoms with Crippen molar-refractivity contribution < 1.29 is 18.0 Å². The van der Waals surface area contributed by atoms with Crippen molar-refractivity contribution in [3.05, 3.63) is 71.3 Å². The van der Waals surface area contributed by atoms with E-state index in [1.54, 1.807) is 55.2 Å². The van der Waals surface area contributed by atoms with Crippen molar-refractivity contribution in [2.75, 3.05) is 0 Å². The lowest BCUT2D eigenvalue weighted by Gasteiger charge is -2.11. The van der Waals surface area contributed by atoms with Crippen molar-refractivity contribution in [3.63, 3.8) is 0 Å². The van der Waals surface area contributed by atoms with Gasteiger partial charge in [0.25, 0.3) is 5.91 Å². The molecule has 0 atom stereocenters. The molecule has 0 bridgehead atoms. The lowest BCUT2D eigenvalue weighted by Crippen LogP contribution is -2.23. The molecule has 0 spiro atoms. The molecule has 1 N–H and O–H groups in total. The molecule has 7 nitrogen and oxygen atoms in total. The highest BCUT2D eigenvalue weighted by molar-refractivity contribution is 5.99. The molecule has 0 fully saturated rings. The van der Waals surface area contributed by atoms with Crippen molar-refractivity contribution in [1.82, 2.24) is 29.7 Å². The Bertz CT molecular complexity index is 1230. The minimum absolute atomic E-state index is 0.0418. The van der Waals surface area contributed by atoms with Crippen molar-refractivity contribution >= 4 is 11.6 Å². The monoisotopic (exact) mass is 414 g/mol. The van der Waals surface area contributed by atoms with Gasteiger partial charge in [-0.2, -0.15) is 23.4 Å². The third kappa shape index (κ3) is 3.63. The summed E-state index contributed by atoms with van der Waals surface area (Å²) in [7, 11) is 1.76. The summed E-state index contributed by atoms with van der Waals surface area (Å²) in [5.74, 6) is -0.570. The molecule has 0 aliphatic rings. The number of nitrogens with zero attached hydrogens (tertiary/aromatic N) is 5. The van der Waals surface area contributed by atoms with Crippen LogP contribution in [0.3, 0.4) is 0 Å². The molecule has 0 aliphatic carbocycles. The number of benzene rings is 1. The Labute approximate surface area is 169 Å². The van der Waals surface area contributed by atoms with Crippen LogP contribution in [0.1, 0.15) is 27.3 Å². The van der Waals surface area contributed by atoms with Crippen LogP contribution in [0.4, 0.5) is 13.2 Å². The van der Waals surface area contributed by atoms with Gasteiger partial charge in [0, 0.05) is 30.9 Å². The lowest BCUT2D eigenvalue weighted by atomic mass is 10.1. The fourth-order valence-corrected chi connectivity index (χ4v) is 3.17. The normalized spacial score (nSPS) is 11.8. The molecule has 154 valence electrons. The predicted molar refractivity (Wildman–Crippen MR) is 103 cm³/mol. The average Bonchev–Trinajstić information content (AvgIpc) is 3.27. The van der Waals surface area contributed by atoms with Gasteiger partial charge in [0.05, 0.1) is 17.6 Å². The fraction of sp³-hybridized carbons (Fsp3) is 0.200. The molecule has 0 saturated heterocycles. The van der Waals surface area contributed by atoms with Crippen LogP contribution in [0.15, 0.2) is 48.8 Å². The molecule has 0 saturated carbocycles. The van der Waals surface area contributed by atoms with Gasteiger partial charge < -0.3 is 5.32 Å². The number of hydrogen-bond donors (Lipinski definition) is 1. The quantitative estimate of drug-likeness (QED) is 0.555. The molecule has 10 heteroatoms. The van der Waals surface area contributed by atoms with Gasteiger partial charge >= 0.3 is 6.18 Å². The summed E-state index contributed by atoms with van der Waals surface area (Å²) in [4.78, 5) is 17.0. The molecular weight excluding hydrogens is 397 g/mol. The number of hydrogen-bond acceptors (Lipinski definition) is 4. The van der Waals surface area contributed by atoms with E-state index in [-0.39, 0.29) is 23.4 Å². The minimum atomic E-state index is -4.67. The molecule has 3 aromatic heterocycles. The van der Waals surface area contributed by atoms with Crippen LogP contribution in [0, 0.1) is 6.92 Å². The zero-order chi connectivity index (χ0) is 21.5. The lowest BCUT2D eigenvalue weighted by molar-refractivity contribution is -0.142. The number of aromatic nitrogens is 5. The standard InChI is InChI=1S/C20H17F3N6O/c1-12-14(11-28(2)27-12)9-24-19(30)15-10-25-29-17(20(21,22)23)8-16(26-18(15)29)13-6-4-3-5-7-13/h3-8,10-11H,9H2,1-2H3,(H,24,30). The Morgan fingerprint density at radius 1 is 1.20 bits per heavy atom. The number of halogens is 3. The van der Waals surface area contributed by atoms with E-state index in [9.17, 15) is 18.0 Å². The van der Waals surface area contributed by atoms with Gasteiger partial charge in [-0.25, -0.2) is 9.50 Å². The molecule has 4 aromatic rings. The zero-order valence-corrected chi connectivity index (χ0v) is 16.1. The molecule has 4 rings (SSSR count). The molecule has 0 radical (unpaired) electrons. The maximum atomic E-state index is 13.6. The van der Waals surface area contributed by atoms with Gasteiger partial charge in [-0.1, -0.05) is 30.3 Å². The van der Waals surface area contributed by atoms with Gasteiger partial charge in [0.1, 0.15) is 5.56 Å². The molecule has 0 unspecified atom stereocenters. The first-order chi connectivity index (χ1) is 14.2. The summed E-state index contributed by atoms with van der Waals surface area (Å²) < 4.78 is 43.2. The van der Waals surface area contributed by atoms with E-state index in [0.29, 0.717) is 10.1 Å². The van der Waals surface area contributed by atoms with Crippen LogP contribution >= 0.6 is 0 Å². The molecular formula is C20H17F3N6O. The maximum Gasteiger partial charge on any atom is 0.433 e. The Morgan fingerprint density at radius 2 is 1.93 bits per heavy atom. The predicted octanol–water partition coefficient (Wildman–Crippen LogP) is 3.39. The highest BCUT2D eigenvalue weighted by atomic mass is 19.4. The van der Waals surface area contributed by atoms with Crippen molar-refractivity contribution in [2.24, 2.45) is 7.05 Å². The van der Waals surface area contributed by atoms with Gasteiger partial charge in [-0.3, -0.25) is 9.48 Å². The van der Waals surface area contributed by atoms with E-state index in [4.69, 9.17) is 0 Å². The van der Waals surface area contributed by atoms with Crippen LogP contribution in [-0.2, 0) is 19.8 Å². The second kappa shape index (κ2) is 7.29. The third-order valence-electron chi connectivity index (χ3n) is 4.63. The number of carbonyl (C=O) groups excluding carboxylic acids is 1. The summed E-state index contributed by atoms with van der Waals surface area (Å²) in [5, 5.41) is 10.7. The second-order valence-electron chi connectivity index (χ2n) is 6.78. The van der Waals surface area contributed by atoms with Gasteiger partial charge in [0.15, 0.2) is 11.3 Å². The van der Waals surface area contributed by atoms with Crippen LogP contribution in [0.25, 0.3) is 16.9 Å². The fourth-order valence-electron chi connectivity index (χ4n) is 3.17. The van der Waals surface area contributed by atoms with E-state index in [1.807, 2.05) is 0 Å². The molecule has 1 amide bonds. The topological polar surface area (TPSA) is 77.1 Å². The highest BCUT2D eigenvalue weighted by Crippen LogP contribution is 2.32. The molecule has 0 aliphatic heterocycles. The van der Waals surface area contributed by atoms with Crippen molar-refractivity contribution in [2.45, 2.75) is 19.6 Å². The van der Waals surface area contributed by atoms with Crippen molar-refractivity contribution in [1.29, 1.82) is 0 Å². The van der Waals surface area contributed by atoms with E-state index < -0.39 is 17.8 Å². The highest BCUT2D eigenvalue weighted by Gasteiger charge is 2.36. The summed E-state index contributed by atoms with van der Waals surface area (Å²) in [5.41, 5.74) is 0.951. The number of fused-ring (bicyclic) bond motifs is 1. The van der Waals surface area contributed by atoms with E-state index >= 15 is 0 Å². The summed E-state index contributed by atoms with van der Waals surface area (Å²) in [6, 6.07) is 9.39. The second-order valence-corrected chi connectivity index (χ2v) is 6.78. The van der Waals surface area contributed by atoms with Crippen LogP contribution in [0.2, 0.25) is 0 Å². The SMILES string of the molecule is Cc1nn(C)cc1CNC(=O)c1cnn2c(C(F)(F)F)cc(-c3ccccc3)nc12. The van der Waals surface area contributed by atoms with Crippen LogP contribution in [0.5, 0.6) is 0 Å². The molecule has 30 heavy (non-hydrogen) atoms. The van der Waals surface area contributed by atoms with Crippen LogP contribution in [-0.4, -0.2) is 30.3 Å². The Kier molecular flexibility index (Phi) is 4.76. The van der Waals surface area contributed by atoms with Crippen molar-refractivity contribution in [3.8, 4) is 11.3 Å². The maximum absolute atomic E-state index is 13.6. The molecule has 3 heterocycles. The third-order valence-corrected chi connectivity index (χ3v) is 4.63. The smallest absolute Gasteiger partial charge is 0.348 e. The summed E-state index contributed by atoms with van der Waals surface area (Å²) >= 11 is 0. The molecule has 1 aromatic carbocycles. The number of rotatable bonds is 4. The first kappa shape index (κ1) is 19.6. The number of alkyl halides is 3. The Balaban J connectivity index is 1.75. The number of amides is 1. The summed E-state index contributed by atoms with van der Waals surface area (Å²) in [6.07, 6.45) is -1.81. The largest absolute Gasteiger partial charge is 0.433 e. The van der Waals surface area contributed by atoms with Gasteiger partial charge in [-0.05, 0) is 13.0 Å². The number of carbonyl (C=O) groups is 1. The number of nitrogens with one attached hydrogen (secondary N) is 1. The van der Waals surface area contributed by atoms with E-state index in [1.165, 1.54) is 0 Å². The van der Waals surface area contributed by atoms with Gasteiger partial charge in [0.2, 0.25) is 0 Å². The average molecular weight is 414 g/mol. The Morgan fingerprint density at radius 3 is 2.57 bits per heavy atom. The number of aryl methyl sites for hydroxylation is 2. The van der Waals surface area contributed by atoms with Gasteiger partial charge in [-0.15, -0.1) is 0 Å². The first-order valence-corrected chi connectivity index (χ1v) is 9.03. The summed E-state index contributed by atoms with van der Waals surface area (Å²) in [6.45, 7) is 1.99.